The molecule has 2 N–H and O–H groups in total. The third kappa shape index (κ3) is 3.29. The largest absolute Gasteiger partial charge is 0.315 e. The number of hydrogen-bond donors (Lipinski definition) is 2. The van der Waals surface area contributed by atoms with Gasteiger partial charge in [-0.25, -0.2) is 13.1 Å². The van der Waals surface area contributed by atoms with Crippen molar-refractivity contribution in [1.82, 2.24) is 10.0 Å². The molecule has 1 heterocycles. The molecule has 4 nitrogen and oxygen atoms in total. The number of sulfonamides is 1. The van der Waals surface area contributed by atoms with Gasteiger partial charge in [0.2, 0.25) is 10.0 Å². The normalized spacial score (nSPS) is 20.7. The number of halogens is 2. The molecule has 1 fully saturated rings. The van der Waals surface area contributed by atoms with Crippen molar-refractivity contribution in [3.63, 3.8) is 0 Å². The van der Waals surface area contributed by atoms with Crippen LogP contribution in [0.15, 0.2) is 32.0 Å². The lowest BCUT2D eigenvalue weighted by Gasteiger charge is -2.13. The highest BCUT2D eigenvalue weighted by molar-refractivity contribution is 9.11. The van der Waals surface area contributed by atoms with E-state index in [1.165, 1.54) is 0 Å². The van der Waals surface area contributed by atoms with Gasteiger partial charge in [0.1, 0.15) is 0 Å². The Labute approximate surface area is 117 Å². The zero-order valence-corrected chi connectivity index (χ0v) is 12.9. The van der Waals surface area contributed by atoms with E-state index < -0.39 is 10.0 Å². The first kappa shape index (κ1) is 13.5. The maximum absolute atomic E-state index is 12.2. The second-order valence-corrected chi connectivity index (χ2v) is 7.34. The summed E-state index contributed by atoms with van der Waals surface area (Å²) in [5.74, 6) is 0. The second-order valence-electron chi connectivity index (χ2n) is 3.89. The van der Waals surface area contributed by atoms with Gasteiger partial charge in [0.15, 0.2) is 0 Å². The second kappa shape index (κ2) is 5.36. The quantitative estimate of drug-likeness (QED) is 0.837. The van der Waals surface area contributed by atoms with Crippen molar-refractivity contribution in [3.8, 4) is 0 Å². The van der Waals surface area contributed by atoms with Crippen LogP contribution in [0.25, 0.3) is 0 Å². The van der Waals surface area contributed by atoms with Gasteiger partial charge in [-0.1, -0.05) is 15.9 Å². The summed E-state index contributed by atoms with van der Waals surface area (Å²) in [6.07, 6.45) is 0.824. The van der Waals surface area contributed by atoms with Crippen molar-refractivity contribution in [2.24, 2.45) is 0 Å². The molecule has 1 atom stereocenters. The van der Waals surface area contributed by atoms with E-state index in [0.717, 1.165) is 17.4 Å². The monoisotopic (exact) mass is 382 g/mol. The summed E-state index contributed by atoms with van der Waals surface area (Å²) < 4.78 is 28.4. The molecular weight excluding hydrogens is 372 g/mol. The molecule has 0 radical (unpaired) electrons. The van der Waals surface area contributed by atoms with Gasteiger partial charge < -0.3 is 5.32 Å². The fourth-order valence-electron chi connectivity index (χ4n) is 1.72. The molecule has 1 aromatic rings. The first-order chi connectivity index (χ1) is 7.99. The Hall–Kier alpha value is 0.0500. The van der Waals surface area contributed by atoms with Crippen LogP contribution in [0.4, 0.5) is 0 Å². The Morgan fingerprint density at radius 2 is 2.12 bits per heavy atom. The van der Waals surface area contributed by atoms with Crippen LogP contribution < -0.4 is 10.0 Å². The van der Waals surface area contributed by atoms with Crippen LogP contribution in [-0.4, -0.2) is 27.5 Å². The zero-order valence-electron chi connectivity index (χ0n) is 8.91. The van der Waals surface area contributed by atoms with E-state index in [2.05, 4.69) is 41.9 Å². The average Bonchev–Trinajstić information content (AvgIpc) is 2.73. The molecule has 2 rings (SSSR count). The molecule has 17 heavy (non-hydrogen) atoms. The maximum Gasteiger partial charge on any atom is 0.242 e. The SMILES string of the molecule is O=S(=O)(NC1CCNC1)c1cc(Br)ccc1Br. The third-order valence-electron chi connectivity index (χ3n) is 2.56. The first-order valence-electron chi connectivity index (χ1n) is 5.17. The van der Waals surface area contributed by atoms with Crippen LogP contribution in [0, 0.1) is 0 Å². The third-order valence-corrected chi connectivity index (χ3v) is 5.57. The Kier molecular flexibility index (Phi) is 4.25. The van der Waals surface area contributed by atoms with Crippen LogP contribution in [0.5, 0.6) is 0 Å². The van der Waals surface area contributed by atoms with Gasteiger partial charge >= 0.3 is 0 Å². The van der Waals surface area contributed by atoms with E-state index in [1.54, 1.807) is 18.2 Å². The van der Waals surface area contributed by atoms with E-state index in [4.69, 9.17) is 0 Å². The lowest BCUT2D eigenvalue weighted by Crippen LogP contribution is -2.36. The van der Waals surface area contributed by atoms with E-state index in [9.17, 15) is 8.42 Å². The molecule has 7 heteroatoms. The van der Waals surface area contributed by atoms with Gasteiger partial charge in [0.05, 0.1) is 4.90 Å². The van der Waals surface area contributed by atoms with Gasteiger partial charge in [-0.15, -0.1) is 0 Å². The number of rotatable bonds is 3. The summed E-state index contributed by atoms with van der Waals surface area (Å²) in [6, 6.07) is 5.08. The molecule has 0 bridgehead atoms. The summed E-state index contributed by atoms with van der Waals surface area (Å²) in [5, 5.41) is 3.12. The summed E-state index contributed by atoms with van der Waals surface area (Å²) in [6.45, 7) is 1.54. The topological polar surface area (TPSA) is 58.2 Å². The summed E-state index contributed by atoms with van der Waals surface area (Å²) >= 11 is 6.54. The van der Waals surface area contributed by atoms with Gasteiger partial charge in [-0.3, -0.25) is 0 Å². The standard InChI is InChI=1S/C10H12Br2N2O2S/c11-7-1-2-9(12)10(5-7)17(15,16)14-8-3-4-13-6-8/h1-2,5,8,13-14H,3-4,6H2. The molecular formula is C10H12Br2N2O2S. The lowest BCUT2D eigenvalue weighted by atomic mass is 10.3. The minimum atomic E-state index is -3.46. The van der Waals surface area contributed by atoms with Crippen molar-refractivity contribution in [2.45, 2.75) is 17.4 Å². The van der Waals surface area contributed by atoms with Crippen LogP contribution in [0.3, 0.4) is 0 Å². The molecule has 1 aliphatic heterocycles. The zero-order chi connectivity index (χ0) is 12.5. The molecule has 0 saturated carbocycles. The van der Waals surface area contributed by atoms with Gasteiger partial charge in [-0.05, 0) is 47.1 Å². The molecule has 0 spiro atoms. The Morgan fingerprint density at radius 1 is 1.35 bits per heavy atom. The van der Waals surface area contributed by atoms with E-state index >= 15 is 0 Å². The molecule has 1 aromatic carbocycles. The molecule has 0 aliphatic carbocycles. The number of hydrogen-bond acceptors (Lipinski definition) is 3. The molecule has 1 unspecified atom stereocenters. The van der Waals surface area contributed by atoms with Gasteiger partial charge in [0, 0.05) is 21.5 Å². The highest BCUT2D eigenvalue weighted by Crippen LogP contribution is 2.25. The smallest absolute Gasteiger partial charge is 0.242 e. The lowest BCUT2D eigenvalue weighted by molar-refractivity contribution is 0.559. The predicted octanol–water partition coefficient (Wildman–Crippen LogP) is 1.85. The molecule has 1 aliphatic rings. The average molecular weight is 384 g/mol. The molecule has 0 aromatic heterocycles. The van der Waals surface area contributed by atoms with Crippen LogP contribution >= 0.6 is 31.9 Å². The van der Waals surface area contributed by atoms with Gasteiger partial charge in [0.25, 0.3) is 0 Å². The van der Waals surface area contributed by atoms with Crippen LogP contribution in [-0.2, 0) is 10.0 Å². The van der Waals surface area contributed by atoms with Crippen molar-refractivity contribution >= 4 is 41.9 Å². The summed E-state index contributed by atoms with van der Waals surface area (Å²) in [4.78, 5) is 0.263. The Morgan fingerprint density at radius 3 is 2.76 bits per heavy atom. The molecule has 1 saturated heterocycles. The van der Waals surface area contributed by atoms with Gasteiger partial charge in [-0.2, -0.15) is 0 Å². The maximum atomic E-state index is 12.2. The minimum absolute atomic E-state index is 0.0223. The number of nitrogens with one attached hydrogen (secondary N) is 2. The molecule has 94 valence electrons. The summed E-state index contributed by atoms with van der Waals surface area (Å²) in [7, 11) is -3.46. The highest BCUT2D eigenvalue weighted by Gasteiger charge is 2.24. The Balaban J connectivity index is 2.27. The molecule has 0 amide bonds. The van der Waals surface area contributed by atoms with E-state index in [0.29, 0.717) is 11.0 Å². The van der Waals surface area contributed by atoms with Crippen LogP contribution in [0.1, 0.15) is 6.42 Å². The summed E-state index contributed by atoms with van der Waals surface area (Å²) in [5.41, 5.74) is 0. The predicted molar refractivity (Wildman–Crippen MR) is 73.4 cm³/mol. The van der Waals surface area contributed by atoms with E-state index in [1.807, 2.05) is 0 Å². The van der Waals surface area contributed by atoms with Crippen molar-refractivity contribution in [2.75, 3.05) is 13.1 Å². The van der Waals surface area contributed by atoms with Crippen molar-refractivity contribution < 1.29 is 8.42 Å². The number of benzene rings is 1. The van der Waals surface area contributed by atoms with Crippen molar-refractivity contribution in [3.05, 3.63) is 27.1 Å². The van der Waals surface area contributed by atoms with Crippen molar-refractivity contribution in [1.29, 1.82) is 0 Å². The first-order valence-corrected chi connectivity index (χ1v) is 8.24. The highest BCUT2D eigenvalue weighted by atomic mass is 79.9. The minimum Gasteiger partial charge on any atom is -0.315 e. The Bertz CT molecular complexity index is 513. The fourth-order valence-corrected chi connectivity index (χ4v) is 4.49. The van der Waals surface area contributed by atoms with Crippen LogP contribution in [0.2, 0.25) is 0 Å². The fraction of sp³-hybridized carbons (Fsp3) is 0.400. The van der Waals surface area contributed by atoms with E-state index in [-0.39, 0.29) is 10.9 Å².